The average Bonchev–Trinajstić information content (AvgIpc) is 2.96. The van der Waals surface area contributed by atoms with Crippen LogP contribution in [-0.4, -0.2) is 48.0 Å². The molecule has 0 bridgehead atoms. The van der Waals surface area contributed by atoms with E-state index in [0.717, 1.165) is 49.9 Å². The Hall–Kier alpha value is -1.00. The summed E-state index contributed by atoms with van der Waals surface area (Å²) in [7, 11) is 0. The van der Waals surface area contributed by atoms with Gasteiger partial charge in [-0.2, -0.15) is 0 Å². The minimum atomic E-state index is 0.527. The molecule has 1 fully saturated rings. The number of hydrogen-bond donors (Lipinski definition) is 1. The third-order valence-corrected chi connectivity index (χ3v) is 4.95. The van der Waals surface area contributed by atoms with Crippen LogP contribution in [0.5, 0.6) is 0 Å². The van der Waals surface area contributed by atoms with Gasteiger partial charge in [0.2, 0.25) is 0 Å². The second-order valence-corrected chi connectivity index (χ2v) is 6.42. The second kappa shape index (κ2) is 9.11. The molecule has 0 spiro atoms. The van der Waals surface area contributed by atoms with Gasteiger partial charge < -0.3 is 10.2 Å². The Labute approximate surface area is 133 Å². The third-order valence-electron chi connectivity index (χ3n) is 3.86. The van der Waals surface area contributed by atoms with Crippen molar-refractivity contribution in [3.8, 4) is 0 Å². The first-order valence-corrected chi connectivity index (χ1v) is 9.00. The minimum absolute atomic E-state index is 0.527. The number of aliphatic imine (C=N–C) groups is 1. The Morgan fingerprint density at radius 3 is 2.71 bits per heavy atom. The van der Waals surface area contributed by atoms with Gasteiger partial charge in [-0.15, -0.1) is 0 Å². The number of hydrogen-bond acceptors (Lipinski definition) is 3. The molecule has 0 aromatic heterocycles. The Morgan fingerprint density at radius 1 is 1.24 bits per heavy atom. The summed E-state index contributed by atoms with van der Waals surface area (Å²) in [5, 5.41) is 4.69. The molecule has 1 aliphatic heterocycles. The Balaban J connectivity index is 1.68. The molecule has 1 aromatic rings. The summed E-state index contributed by atoms with van der Waals surface area (Å²) in [5.41, 5.74) is 1.40. The van der Waals surface area contributed by atoms with Crippen LogP contribution in [0.25, 0.3) is 0 Å². The van der Waals surface area contributed by atoms with E-state index in [0.29, 0.717) is 6.04 Å². The van der Waals surface area contributed by atoms with Crippen LogP contribution in [0.2, 0.25) is 0 Å². The normalized spacial score (nSPS) is 20.1. The standard InChI is InChI=1S/C17H27N3S/c1-3-20(4-2)12-8-11-18-17-19-16(14-21-17)13-15-9-6-5-7-10-15/h5-7,9-10,16H,3-4,8,11-14H2,1-2H3,(H,18,19). The van der Waals surface area contributed by atoms with Gasteiger partial charge in [0.05, 0.1) is 0 Å². The van der Waals surface area contributed by atoms with E-state index in [9.17, 15) is 0 Å². The molecule has 3 nitrogen and oxygen atoms in total. The van der Waals surface area contributed by atoms with Crippen molar-refractivity contribution in [2.24, 2.45) is 4.99 Å². The van der Waals surface area contributed by atoms with Crippen molar-refractivity contribution in [2.45, 2.75) is 32.7 Å². The van der Waals surface area contributed by atoms with Gasteiger partial charge in [-0.25, -0.2) is 0 Å². The van der Waals surface area contributed by atoms with E-state index in [4.69, 9.17) is 4.99 Å². The molecule has 0 amide bonds. The zero-order valence-electron chi connectivity index (χ0n) is 13.2. The fourth-order valence-corrected chi connectivity index (χ4v) is 3.54. The van der Waals surface area contributed by atoms with Crippen LogP contribution < -0.4 is 5.32 Å². The first-order valence-electron chi connectivity index (χ1n) is 8.01. The van der Waals surface area contributed by atoms with Crippen LogP contribution in [0.15, 0.2) is 35.3 Å². The lowest BCUT2D eigenvalue weighted by atomic mass is 10.1. The van der Waals surface area contributed by atoms with Gasteiger partial charge in [0, 0.05) is 18.3 Å². The number of amidine groups is 1. The highest BCUT2D eigenvalue weighted by atomic mass is 32.2. The highest BCUT2D eigenvalue weighted by Gasteiger charge is 2.19. The van der Waals surface area contributed by atoms with Crippen molar-refractivity contribution in [1.29, 1.82) is 0 Å². The number of nitrogens with zero attached hydrogens (tertiary/aromatic N) is 2. The predicted molar refractivity (Wildman–Crippen MR) is 94.2 cm³/mol. The summed E-state index contributed by atoms with van der Waals surface area (Å²) < 4.78 is 0. The third kappa shape index (κ3) is 5.71. The van der Waals surface area contributed by atoms with E-state index < -0.39 is 0 Å². The van der Waals surface area contributed by atoms with Crippen molar-refractivity contribution < 1.29 is 0 Å². The predicted octanol–water partition coefficient (Wildman–Crippen LogP) is 3.02. The monoisotopic (exact) mass is 305 g/mol. The van der Waals surface area contributed by atoms with Gasteiger partial charge in [0.25, 0.3) is 0 Å². The van der Waals surface area contributed by atoms with Crippen LogP contribution in [0.3, 0.4) is 0 Å². The molecule has 1 heterocycles. The fraction of sp³-hybridized carbons (Fsp3) is 0.588. The van der Waals surface area contributed by atoms with Crippen LogP contribution in [0.1, 0.15) is 25.8 Å². The van der Waals surface area contributed by atoms with Gasteiger partial charge in [-0.1, -0.05) is 55.9 Å². The van der Waals surface area contributed by atoms with Crippen molar-refractivity contribution in [3.63, 3.8) is 0 Å². The summed E-state index contributed by atoms with van der Waals surface area (Å²) in [5.74, 6) is 1.13. The van der Waals surface area contributed by atoms with Crippen LogP contribution >= 0.6 is 11.8 Å². The lowest BCUT2D eigenvalue weighted by molar-refractivity contribution is 0.302. The van der Waals surface area contributed by atoms with Gasteiger partial charge in [-0.05, 0) is 38.0 Å². The van der Waals surface area contributed by atoms with Gasteiger partial charge in [0.15, 0.2) is 5.17 Å². The van der Waals surface area contributed by atoms with E-state index in [1.807, 2.05) is 11.8 Å². The van der Waals surface area contributed by atoms with E-state index >= 15 is 0 Å². The molecular formula is C17H27N3S. The summed E-state index contributed by atoms with van der Waals surface area (Å²) in [4.78, 5) is 7.15. The van der Waals surface area contributed by atoms with E-state index in [-0.39, 0.29) is 0 Å². The summed E-state index contributed by atoms with van der Waals surface area (Å²) in [6.45, 7) is 8.81. The smallest absolute Gasteiger partial charge is 0.156 e. The molecule has 1 atom stereocenters. The first kappa shape index (κ1) is 16.4. The molecular weight excluding hydrogens is 278 g/mol. The Morgan fingerprint density at radius 2 is 2.00 bits per heavy atom. The zero-order chi connectivity index (χ0) is 14.9. The zero-order valence-corrected chi connectivity index (χ0v) is 14.0. The SMILES string of the molecule is CCN(CC)CCCN=C1NC(Cc2ccccc2)CS1. The number of benzene rings is 1. The highest BCUT2D eigenvalue weighted by Crippen LogP contribution is 2.17. The molecule has 1 aliphatic rings. The van der Waals surface area contributed by atoms with E-state index in [1.165, 1.54) is 5.56 Å². The molecule has 1 unspecified atom stereocenters. The lowest BCUT2D eigenvalue weighted by Crippen LogP contribution is -2.29. The molecule has 21 heavy (non-hydrogen) atoms. The quantitative estimate of drug-likeness (QED) is 0.748. The molecule has 116 valence electrons. The molecule has 1 saturated heterocycles. The molecule has 2 rings (SSSR count). The number of nitrogens with one attached hydrogen (secondary N) is 1. The largest absolute Gasteiger partial charge is 0.361 e. The van der Waals surface area contributed by atoms with Gasteiger partial charge in [0.1, 0.15) is 0 Å². The van der Waals surface area contributed by atoms with E-state index in [1.54, 1.807) is 0 Å². The van der Waals surface area contributed by atoms with Crippen LogP contribution in [0, 0.1) is 0 Å². The minimum Gasteiger partial charge on any atom is -0.361 e. The molecule has 0 radical (unpaired) electrons. The van der Waals surface area contributed by atoms with Crippen molar-refractivity contribution in [1.82, 2.24) is 10.2 Å². The number of rotatable bonds is 8. The topological polar surface area (TPSA) is 27.6 Å². The van der Waals surface area contributed by atoms with Crippen LogP contribution in [0.4, 0.5) is 0 Å². The maximum atomic E-state index is 4.70. The lowest BCUT2D eigenvalue weighted by Gasteiger charge is -2.16. The first-order chi connectivity index (χ1) is 10.3. The highest BCUT2D eigenvalue weighted by molar-refractivity contribution is 8.14. The summed E-state index contributed by atoms with van der Waals surface area (Å²) >= 11 is 1.87. The average molecular weight is 305 g/mol. The molecule has 4 heteroatoms. The van der Waals surface area contributed by atoms with Crippen molar-refractivity contribution in [2.75, 3.05) is 31.9 Å². The maximum absolute atomic E-state index is 4.70. The molecule has 0 aliphatic carbocycles. The van der Waals surface area contributed by atoms with Gasteiger partial charge in [-0.3, -0.25) is 4.99 Å². The maximum Gasteiger partial charge on any atom is 0.156 e. The van der Waals surface area contributed by atoms with Crippen molar-refractivity contribution in [3.05, 3.63) is 35.9 Å². The Bertz CT molecular complexity index is 429. The number of thioether (sulfide) groups is 1. The molecule has 1 aromatic carbocycles. The van der Waals surface area contributed by atoms with E-state index in [2.05, 4.69) is 54.4 Å². The van der Waals surface area contributed by atoms with Gasteiger partial charge >= 0.3 is 0 Å². The van der Waals surface area contributed by atoms with Crippen LogP contribution in [-0.2, 0) is 6.42 Å². The Kier molecular flexibility index (Phi) is 7.10. The molecule has 1 N–H and O–H groups in total. The molecule has 0 saturated carbocycles. The fourth-order valence-electron chi connectivity index (χ4n) is 2.55. The second-order valence-electron chi connectivity index (χ2n) is 5.41. The summed E-state index contributed by atoms with van der Waals surface area (Å²) in [6.07, 6.45) is 2.24. The summed E-state index contributed by atoms with van der Waals surface area (Å²) in [6, 6.07) is 11.2. The van der Waals surface area contributed by atoms with Crippen molar-refractivity contribution >= 4 is 16.9 Å².